The molecule has 1 aliphatic heterocycles. The molecule has 0 aliphatic carbocycles. The second-order valence-corrected chi connectivity index (χ2v) is 4.82. The van der Waals surface area contributed by atoms with Crippen molar-refractivity contribution in [2.75, 3.05) is 32.6 Å². The third-order valence-corrected chi connectivity index (χ3v) is 3.28. The molecule has 1 atom stereocenters. The highest BCUT2D eigenvalue weighted by Crippen LogP contribution is 2.17. The molecule has 4 heteroatoms. The van der Waals surface area contributed by atoms with E-state index in [1.165, 1.54) is 26.5 Å². The van der Waals surface area contributed by atoms with Crippen molar-refractivity contribution in [3.63, 3.8) is 0 Å². The Kier molecular flexibility index (Phi) is 4.20. The van der Waals surface area contributed by atoms with Gasteiger partial charge in [0, 0.05) is 18.3 Å². The second kappa shape index (κ2) is 5.87. The minimum absolute atomic E-state index is 0.292. The van der Waals surface area contributed by atoms with Gasteiger partial charge in [-0.05, 0) is 44.6 Å². The normalized spacial score (nSPS) is 20.4. The Morgan fingerprint density at radius 1 is 1.50 bits per heavy atom. The van der Waals surface area contributed by atoms with Crippen molar-refractivity contribution in [2.24, 2.45) is 0 Å². The summed E-state index contributed by atoms with van der Waals surface area (Å²) in [4.78, 5) is 13.8. The number of hydrogen-bond donors (Lipinski definition) is 1. The number of hydrogen-bond acceptors (Lipinski definition) is 4. The summed E-state index contributed by atoms with van der Waals surface area (Å²) in [6.45, 7) is 2.21. The average molecular weight is 248 g/mol. The van der Waals surface area contributed by atoms with E-state index in [0.717, 1.165) is 12.2 Å². The van der Waals surface area contributed by atoms with Crippen LogP contribution < -0.4 is 5.32 Å². The van der Waals surface area contributed by atoms with Gasteiger partial charge in [-0.2, -0.15) is 0 Å². The highest BCUT2D eigenvalue weighted by Gasteiger charge is 2.17. The second-order valence-electron chi connectivity index (χ2n) is 4.82. The number of nitrogens with zero attached hydrogens (tertiary/aromatic N) is 1. The molecule has 98 valence electrons. The lowest BCUT2D eigenvalue weighted by atomic mass is 10.1. The Morgan fingerprint density at radius 3 is 3.06 bits per heavy atom. The van der Waals surface area contributed by atoms with Gasteiger partial charge in [0.15, 0.2) is 0 Å². The fraction of sp³-hybridized carbons (Fsp3) is 0.500. The third kappa shape index (κ3) is 3.23. The number of carbonyl (C=O) groups is 1. The summed E-state index contributed by atoms with van der Waals surface area (Å²) in [5, 5.41) is 3.48. The smallest absolute Gasteiger partial charge is 0.337 e. The zero-order valence-corrected chi connectivity index (χ0v) is 11.0. The number of benzene rings is 1. The number of ether oxygens (including phenoxy) is 1. The summed E-state index contributed by atoms with van der Waals surface area (Å²) in [6.07, 6.45) is 2.39. The molecule has 1 aliphatic rings. The SMILES string of the molecule is COC(=O)c1cccc(NC2CCCN(C)C2)c1. The van der Waals surface area contributed by atoms with Gasteiger partial charge < -0.3 is 15.0 Å². The lowest BCUT2D eigenvalue weighted by Gasteiger charge is -2.30. The molecule has 0 amide bonds. The summed E-state index contributed by atoms with van der Waals surface area (Å²) in [5.74, 6) is -0.292. The molecule has 1 N–H and O–H groups in total. The van der Waals surface area contributed by atoms with Crippen molar-refractivity contribution in [2.45, 2.75) is 18.9 Å². The summed E-state index contributed by atoms with van der Waals surface area (Å²) in [5.41, 5.74) is 1.57. The molecule has 1 saturated heterocycles. The number of carbonyl (C=O) groups excluding carboxylic acids is 1. The molecule has 2 rings (SSSR count). The molecule has 0 saturated carbocycles. The van der Waals surface area contributed by atoms with Crippen LogP contribution in [0.3, 0.4) is 0 Å². The minimum Gasteiger partial charge on any atom is -0.465 e. The van der Waals surface area contributed by atoms with E-state index >= 15 is 0 Å². The number of piperidine rings is 1. The predicted molar refractivity (Wildman–Crippen MR) is 71.9 cm³/mol. The molecular weight excluding hydrogens is 228 g/mol. The first-order valence-electron chi connectivity index (χ1n) is 6.32. The van der Waals surface area contributed by atoms with E-state index in [1.807, 2.05) is 18.2 Å². The van der Waals surface area contributed by atoms with Crippen LogP contribution in [-0.4, -0.2) is 44.2 Å². The summed E-state index contributed by atoms with van der Waals surface area (Å²) < 4.78 is 4.72. The molecule has 0 spiro atoms. The first-order chi connectivity index (χ1) is 8.69. The lowest BCUT2D eigenvalue weighted by Crippen LogP contribution is -2.39. The summed E-state index contributed by atoms with van der Waals surface area (Å²) >= 11 is 0. The van der Waals surface area contributed by atoms with E-state index in [4.69, 9.17) is 4.74 Å². The molecular formula is C14H20N2O2. The standard InChI is InChI=1S/C14H20N2O2/c1-16-8-4-7-13(10-16)15-12-6-3-5-11(9-12)14(17)18-2/h3,5-6,9,13,15H,4,7-8,10H2,1-2H3. The number of likely N-dealkylation sites (N-methyl/N-ethyl adjacent to an activating group) is 1. The first kappa shape index (κ1) is 12.9. The van der Waals surface area contributed by atoms with Crippen LogP contribution in [0, 0.1) is 0 Å². The lowest BCUT2D eigenvalue weighted by molar-refractivity contribution is 0.0601. The van der Waals surface area contributed by atoms with Crippen LogP contribution in [0.15, 0.2) is 24.3 Å². The number of nitrogens with one attached hydrogen (secondary N) is 1. The van der Waals surface area contributed by atoms with Gasteiger partial charge in [-0.1, -0.05) is 6.07 Å². The topological polar surface area (TPSA) is 41.6 Å². The van der Waals surface area contributed by atoms with Crippen LogP contribution >= 0.6 is 0 Å². The molecule has 1 heterocycles. The monoisotopic (exact) mass is 248 g/mol. The maximum atomic E-state index is 11.5. The molecule has 0 bridgehead atoms. The van der Waals surface area contributed by atoms with Crippen LogP contribution in [0.5, 0.6) is 0 Å². The summed E-state index contributed by atoms with van der Waals surface area (Å²) in [7, 11) is 3.54. The van der Waals surface area contributed by atoms with Crippen LogP contribution in [0.2, 0.25) is 0 Å². The third-order valence-electron chi connectivity index (χ3n) is 3.28. The van der Waals surface area contributed by atoms with Crippen molar-refractivity contribution < 1.29 is 9.53 Å². The van der Waals surface area contributed by atoms with Gasteiger partial charge in [0.25, 0.3) is 0 Å². The summed E-state index contributed by atoms with van der Waals surface area (Å²) in [6, 6.07) is 7.93. The highest BCUT2D eigenvalue weighted by molar-refractivity contribution is 5.90. The van der Waals surface area contributed by atoms with Gasteiger partial charge in [0.2, 0.25) is 0 Å². The van der Waals surface area contributed by atoms with Crippen LogP contribution in [-0.2, 0) is 4.74 Å². The molecule has 1 unspecified atom stereocenters. The Balaban J connectivity index is 2.02. The van der Waals surface area contributed by atoms with Gasteiger partial charge in [-0.3, -0.25) is 0 Å². The molecule has 1 aromatic rings. The molecule has 1 aromatic carbocycles. The highest BCUT2D eigenvalue weighted by atomic mass is 16.5. The first-order valence-corrected chi connectivity index (χ1v) is 6.32. The van der Waals surface area contributed by atoms with E-state index < -0.39 is 0 Å². The van der Waals surface area contributed by atoms with E-state index in [-0.39, 0.29) is 5.97 Å². The number of likely N-dealkylation sites (tertiary alicyclic amines) is 1. The Bertz CT molecular complexity index is 420. The van der Waals surface area contributed by atoms with E-state index in [1.54, 1.807) is 6.07 Å². The Labute approximate surface area is 108 Å². The van der Waals surface area contributed by atoms with Crippen LogP contribution in [0.25, 0.3) is 0 Å². The number of methoxy groups -OCH3 is 1. The van der Waals surface area contributed by atoms with Crippen molar-refractivity contribution in [3.05, 3.63) is 29.8 Å². The quantitative estimate of drug-likeness (QED) is 0.830. The zero-order chi connectivity index (χ0) is 13.0. The maximum Gasteiger partial charge on any atom is 0.337 e. The van der Waals surface area contributed by atoms with Gasteiger partial charge >= 0.3 is 5.97 Å². The van der Waals surface area contributed by atoms with E-state index in [9.17, 15) is 4.79 Å². The fourth-order valence-electron chi connectivity index (χ4n) is 2.37. The average Bonchev–Trinajstić information content (AvgIpc) is 2.38. The largest absolute Gasteiger partial charge is 0.465 e. The number of anilines is 1. The molecule has 0 radical (unpaired) electrons. The van der Waals surface area contributed by atoms with Crippen LogP contribution in [0.4, 0.5) is 5.69 Å². The Morgan fingerprint density at radius 2 is 2.33 bits per heavy atom. The minimum atomic E-state index is -0.292. The van der Waals surface area contributed by atoms with Crippen molar-refractivity contribution >= 4 is 11.7 Å². The molecule has 0 aromatic heterocycles. The zero-order valence-electron chi connectivity index (χ0n) is 11.0. The van der Waals surface area contributed by atoms with E-state index in [0.29, 0.717) is 11.6 Å². The van der Waals surface area contributed by atoms with Gasteiger partial charge in [0.05, 0.1) is 12.7 Å². The molecule has 18 heavy (non-hydrogen) atoms. The van der Waals surface area contributed by atoms with Gasteiger partial charge in [-0.15, -0.1) is 0 Å². The number of rotatable bonds is 3. The van der Waals surface area contributed by atoms with Crippen LogP contribution in [0.1, 0.15) is 23.2 Å². The fourth-order valence-corrected chi connectivity index (χ4v) is 2.37. The van der Waals surface area contributed by atoms with E-state index in [2.05, 4.69) is 17.3 Å². The Hall–Kier alpha value is -1.55. The predicted octanol–water partition coefficient (Wildman–Crippen LogP) is 1.98. The number of esters is 1. The molecule has 4 nitrogen and oxygen atoms in total. The maximum absolute atomic E-state index is 11.5. The molecule has 1 fully saturated rings. The van der Waals surface area contributed by atoms with Crippen molar-refractivity contribution in [1.29, 1.82) is 0 Å². The van der Waals surface area contributed by atoms with Crippen molar-refractivity contribution in [1.82, 2.24) is 4.90 Å². The van der Waals surface area contributed by atoms with Gasteiger partial charge in [0.1, 0.15) is 0 Å². The van der Waals surface area contributed by atoms with Crippen molar-refractivity contribution in [3.8, 4) is 0 Å². The van der Waals surface area contributed by atoms with Gasteiger partial charge in [-0.25, -0.2) is 4.79 Å².